The number of hydrogen-bond donors (Lipinski definition) is 1. The van der Waals surface area contributed by atoms with E-state index >= 15 is 0 Å². The van der Waals surface area contributed by atoms with Gasteiger partial charge in [-0.2, -0.15) is 8.42 Å². The Hall–Kier alpha value is -1.66. The SMILES string of the molecule is Cn1cnc(-c2ccc(S(=O)(=O)O)cc2)c1. The summed E-state index contributed by atoms with van der Waals surface area (Å²) in [7, 11) is -2.27. The molecule has 1 N–H and O–H groups in total. The molecule has 0 aliphatic heterocycles. The molecule has 0 radical (unpaired) electrons. The van der Waals surface area contributed by atoms with Gasteiger partial charge in [0.25, 0.3) is 10.1 Å². The fourth-order valence-corrected chi connectivity index (χ4v) is 1.84. The Kier molecular flexibility index (Phi) is 2.53. The molecule has 1 aromatic carbocycles. The van der Waals surface area contributed by atoms with E-state index in [1.54, 1.807) is 23.0 Å². The fraction of sp³-hybridized carbons (Fsp3) is 0.100. The molecule has 0 spiro atoms. The molecule has 84 valence electrons. The van der Waals surface area contributed by atoms with Gasteiger partial charge >= 0.3 is 0 Å². The van der Waals surface area contributed by atoms with Crippen LogP contribution in [-0.2, 0) is 17.2 Å². The van der Waals surface area contributed by atoms with Gasteiger partial charge in [0.05, 0.1) is 16.9 Å². The summed E-state index contributed by atoms with van der Waals surface area (Å²) in [6.45, 7) is 0. The molecule has 0 saturated carbocycles. The topological polar surface area (TPSA) is 72.2 Å². The maximum atomic E-state index is 10.8. The molecule has 0 atom stereocenters. The van der Waals surface area contributed by atoms with Gasteiger partial charge in [0.15, 0.2) is 0 Å². The van der Waals surface area contributed by atoms with Crippen molar-refractivity contribution in [2.45, 2.75) is 4.90 Å². The van der Waals surface area contributed by atoms with Crippen molar-refractivity contribution in [1.82, 2.24) is 9.55 Å². The molecule has 2 aromatic rings. The van der Waals surface area contributed by atoms with Gasteiger partial charge in [0, 0.05) is 18.8 Å². The van der Waals surface area contributed by atoms with Crippen molar-refractivity contribution >= 4 is 10.1 Å². The van der Waals surface area contributed by atoms with Crippen molar-refractivity contribution in [1.29, 1.82) is 0 Å². The van der Waals surface area contributed by atoms with Crippen molar-refractivity contribution in [3.05, 3.63) is 36.8 Å². The molecule has 0 fully saturated rings. The Balaban J connectivity index is 2.40. The fourth-order valence-electron chi connectivity index (χ4n) is 1.36. The quantitative estimate of drug-likeness (QED) is 0.801. The van der Waals surface area contributed by atoms with Crippen LogP contribution < -0.4 is 0 Å². The maximum Gasteiger partial charge on any atom is 0.294 e. The second-order valence-corrected chi connectivity index (χ2v) is 4.85. The van der Waals surface area contributed by atoms with Crippen LogP contribution in [0.2, 0.25) is 0 Å². The normalized spacial score (nSPS) is 11.6. The first-order chi connectivity index (χ1) is 7.47. The first kappa shape index (κ1) is 10.8. The smallest absolute Gasteiger partial charge is 0.294 e. The number of benzene rings is 1. The summed E-state index contributed by atoms with van der Waals surface area (Å²) in [5, 5.41) is 0. The van der Waals surface area contributed by atoms with Gasteiger partial charge in [-0.25, -0.2) is 4.98 Å². The monoisotopic (exact) mass is 238 g/mol. The van der Waals surface area contributed by atoms with Gasteiger partial charge in [-0.15, -0.1) is 0 Å². The average molecular weight is 238 g/mol. The molecule has 1 heterocycles. The van der Waals surface area contributed by atoms with Gasteiger partial charge in [0.2, 0.25) is 0 Å². The van der Waals surface area contributed by atoms with Crippen LogP contribution in [-0.4, -0.2) is 22.5 Å². The Morgan fingerprint density at radius 2 is 1.88 bits per heavy atom. The van der Waals surface area contributed by atoms with E-state index in [9.17, 15) is 8.42 Å². The molecule has 6 heteroatoms. The Morgan fingerprint density at radius 1 is 1.25 bits per heavy atom. The lowest BCUT2D eigenvalue weighted by atomic mass is 10.2. The summed E-state index contributed by atoms with van der Waals surface area (Å²) in [4.78, 5) is 4.01. The van der Waals surface area contributed by atoms with Crippen molar-refractivity contribution in [3.8, 4) is 11.3 Å². The van der Waals surface area contributed by atoms with Crippen LogP contribution in [0.5, 0.6) is 0 Å². The van der Waals surface area contributed by atoms with Gasteiger partial charge in [-0.1, -0.05) is 12.1 Å². The highest BCUT2D eigenvalue weighted by Gasteiger charge is 2.09. The van der Waals surface area contributed by atoms with Gasteiger partial charge in [0.1, 0.15) is 0 Å². The standard InChI is InChI=1S/C10H10N2O3S/c1-12-6-10(11-7-12)8-2-4-9(5-3-8)16(13,14)15/h2-7H,1H3,(H,13,14,15). The van der Waals surface area contributed by atoms with Crippen LogP contribution >= 0.6 is 0 Å². The van der Waals surface area contributed by atoms with E-state index in [0.717, 1.165) is 11.3 Å². The predicted molar refractivity (Wildman–Crippen MR) is 58.5 cm³/mol. The third-order valence-electron chi connectivity index (χ3n) is 2.15. The maximum absolute atomic E-state index is 10.8. The zero-order chi connectivity index (χ0) is 11.8. The van der Waals surface area contributed by atoms with Gasteiger partial charge in [-0.3, -0.25) is 4.55 Å². The highest BCUT2D eigenvalue weighted by Crippen LogP contribution is 2.19. The molecule has 0 unspecified atom stereocenters. The van der Waals surface area contributed by atoms with E-state index in [0.29, 0.717) is 0 Å². The lowest BCUT2D eigenvalue weighted by Gasteiger charge is -1.99. The third-order valence-corrected chi connectivity index (χ3v) is 3.02. The summed E-state index contributed by atoms with van der Waals surface area (Å²) >= 11 is 0. The molecule has 0 bridgehead atoms. The van der Waals surface area contributed by atoms with E-state index in [1.165, 1.54) is 12.1 Å². The molecule has 0 amide bonds. The lowest BCUT2D eigenvalue weighted by molar-refractivity contribution is 0.483. The van der Waals surface area contributed by atoms with E-state index in [2.05, 4.69) is 4.98 Å². The minimum atomic E-state index is -4.12. The Labute approximate surface area is 93.1 Å². The van der Waals surface area contributed by atoms with E-state index in [1.807, 2.05) is 13.2 Å². The van der Waals surface area contributed by atoms with Crippen LogP contribution in [0.4, 0.5) is 0 Å². The van der Waals surface area contributed by atoms with Crippen molar-refractivity contribution in [3.63, 3.8) is 0 Å². The number of aromatic nitrogens is 2. The number of rotatable bonds is 2. The van der Waals surface area contributed by atoms with E-state index in [4.69, 9.17) is 4.55 Å². The summed E-state index contributed by atoms with van der Waals surface area (Å²) in [5.41, 5.74) is 1.55. The van der Waals surface area contributed by atoms with Crippen LogP contribution in [0.25, 0.3) is 11.3 Å². The van der Waals surface area contributed by atoms with Crippen LogP contribution in [0.1, 0.15) is 0 Å². The lowest BCUT2D eigenvalue weighted by Crippen LogP contribution is -1.97. The molecule has 0 saturated heterocycles. The predicted octanol–water partition coefficient (Wildman–Crippen LogP) is 1.33. The molecular formula is C10H10N2O3S. The molecule has 2 rings (SSSR count). The summed E-state index contributed by atoms with van der Waals surface area (Å²) in [6.07, 6.45) is 3.48. The van der Waals surface area contributed by atoms with Crippen molar-refractivity contribution in [2.75, 3.05) is 0 Å². The Morgan fingerprint density at radius 3 is 2.31 bits per heavy atom. The molecule has 16 heavy (non-hydrogen) atoms. The second-order valence-electron chi connectivity index (χ2n) is 3.42. The van der Waals surface area contributed by atoms with Crippen molar-refractivity contribution < 1.29 is 13.0 Å². The highest BCUT2D eigenvalue weighted by molar-refractivity contribution is 7.85. The van der Waals surface area contributed by atoms with Gasteiger partial charge in [-0.05, 0) is 12.1 Å². The Bertz CT molecular complexity index is 599. The number of nitrogens with zero attached hydrogens (tertiary/aromatic N) is 2. The average Bonchev–Trinajstić information content (AvgIpc) is 2.64. The van der Waals surface area contributed by atoms with Crippen LogP contribution in [0, 0.1) is 0 Å². The minimum Gasteiger partial charge on any atom is -0.340 e. The molecule has 0 aliphatic rings. The van der Waals surface area contributed by atoms with Crippen LogP contribution in [0.3, 0.4) is 0 Å². The largest absolute Gasteiger partial charge is 0.340 e. The summed E-state index contributed by atoms with van der Waals surface area (Å²) < 4.78 is 32.2. The van der Waals surface area contributed by atoms with Gasteiger partial charge < -0.3 is 4.57 Å². The molecule has 5 nitrogen and oxygen atoms in total. The summed E-state index contributed by atoms with van der Waals surface area (Å²) in [5.74, 6) is 0. The molecule has 0 aliphatic carbocycles. The van der Waals surface area contributed by atoms with Crippen LogP contribution in [0.15, 0.2) is 41.7 Å². The van der Waals surface area contributed by atoms with E-state index < -0.39 is 10.1 Å². The van der Waals surface area contributed by atoms with E-state index in [-0.39, 0.29) is 4.90 Å². The molecular weight excluding hydrogens is 228 g/mol. The molecule has 1 aromatic heterocycles. The zero-order valence-corrected chi connectivity index (χ0v) is 9.35. The zero-order valence-electron chi connectivity index (χ0n) is 8.53. The number of imidazole rings is 1. The number of hydrogen-bond acceptors (Lipinski definition) is 3. The number of aryl methyl sites for hydroxylation is 1. The first-order valence-electron chi connectivity index (χ1n) is 4.53. The second kappa shape index (κ2) is 3.73. The third kappa shape index (κ3) is 2.12. The van der Waals surface area contributed by atoms with Crippen molar-refractivity contribution in [2.24, 2.45) is 7.05 Å². The first-order valence-corrected chi connectivity index (χ1v) is 5.97. The summed E-state index contributed by atoms with van der Waals surface area (Å²) in [6, 6.07) is 5.90. The minimum absolute atomic E-state index is 0.118. The highest BCUT2D eigenvalue weighted by atomic mass is 32.2.